The number of thiophene rings is 1. The largest absolute Gasteiger partial charge is 0.368 e. The van der Waals surface area contributed by atoms with E-state index in [1.807, 2.05) is 18.4 Å². The third-order valence-electron chi connectivity index (χ3n) is 3.81. The molecule has 0 bridgehead atoms. The van der Waals surface area contributed by atoms with Gasteiger partial charge in [-0.1, -0.05) is 24.3 Å². The van der Waals surface area contributed by atoms with Gasteiger partial charge < -0.3 is 10.1 Å². The zero-order valence-corrected chi connectivity index (χ0v) is 12.7. The van der Waals surface area contributed by atoms with Gasteiger partial charge in [0.2, 0.25) is 0 Å². The Balaban J connectivity index is 1.64. The van der Waals surface area contributed by atoms with E-state index in [4.69, 9.17) is 4.74 Å². The van der Waals surface area contributed by atoms with E-state index in [9.17, 15) is 0 Å². The summed E-state index contributed by atoms with van der Waals surface area (Å²) in [6, 6.07) is 13.1. The number of ether oxygens (including phenoxy) is 1. The highest BCUT2D eigenvalue weighted by Gasteiger charge is 2.20. The molecule has 0 saturated heterocycles. The molecule has 0 spiro atoms. The first kappa shape index (κ1) is 13.8. The van der Waals surface area contributed by atoms with Crippen LogP contribution in [-0.4, -0.2) is 7.05 Å². The second-order valence-electron chi connectivity index (χ2n) is 5.29. The summed E-state index contributed by atoms with van der Waals surface area (Å²) in [7, 11) is 1.98. The van der Waals surface area contributed by atoms with Crippen LogP contribution in [0.2, 0.25) is 0 Å². The van der Waals surface area contributed by atoms with Crippen molar-refractivity contribution in [3.05, 3.63) is 57.3 Å². The fourth-order valence-corrected chi connectivity index (χ4v) is 3.79. The van der Waals surface area contributed by atoms with Crippen LogP contribution >= 0.6 is 11.3 Å². The third-order valence-corrected chi connectivity index (χ3v) is 4.87. The Morgan fingerprint density at radius 2 is 2.05 bits per heavy atom. The Bertz CT molecular complexity index is 564. The van der Waals surface area contributed by atoms with E-state index in [2.05, 4.69) is 41.7 Å². The van der Waals surface area contributed by atoms with Gasteiger partial charge in [0.15, 0.2) is 0 Å². The molecule has 1 aromatic carbocycles. The van der Waals surface area contributed by atoms with Crippen molar-refractivity contribution in [2.24, 2.45) is 0 Å². The summed E-state index contributed by atoms with van der Waals surface area (Å²) in [5.74, 6) is 0. The number of aryl methyl sites for hydroxylation is 1. The van der Waals surface area contributed by atoms with Gasteiger partial charge in [0.25, 0.3) is 0 Å². The molecule has 1 N–H and O–H groups in total. The zero-order valence-electron chi connectivity index (χ0n) is 11.9. The molecule has 3 rings (SSSR count). The first-order chi connectivity index (χ1) is 9.86. The maximum atomic E-state index is 6.18. The van der Waals surface area contributed by atoms with Crippen LogP contribution in [0.1, 0.15) is 39.8 Å². The molecule has 106 valence electrons. The van der Waals surface area contributed by atoms with Gasteiger partial charge in [-0.05, 0) is 49.6 Å². The van der Waals surface area contributed by atoms with Crippen LogP contribution in [0.25, 0.3) is 0 Å². The Labute approximate surface area is 124 Å². The standard InChI is InChI=1S/C17H21NOS/c1-18-11-14-9-10-15(20-14)12-19-17-8-4-6-13-5-2-3-7-16(13)17/h2-3,5,7,9-10,17-18H,4,6,8,11-12H2,1H3. The van der Waals surface area contributed by atoms with Gasteiger partial charge in [-0.2, -0.15) is 0 Å². The summed E-state index contributed by atoms with van der Waals surface area (Å²) < 4.78 is 6.18. The van der Waals surface area contributed by atoms with Crippen molar-refractivity contribution >= 4 is 11.3 Å². The molecule has 0 saturated carbocycles. The molecule has 2 nitrogen and oxygen atoms in total. The van der Waals surface area contributed by atoms with Gasteiger partial charge in [-0.3, -0.25) is 0 Å². The summed E-state index contributed by atoms with van der Waals surface area (Å²) in [6.45, 7) is 1.67. The second kappa shape index (κ2) is 6.53. The predicted octanol–water partition coefficient (Wildman–Crippen LogP) is 4.06. The Kier molecular flexibility index (Phi) is 4.51. The maximum absolute atomic E-state index is 6.18. The third kappa shape index (κ3) is 3.11. The van der Waals surface area contributed by atoms with Crippen LogP contribution in [0.15, 0.2) is 36.4 Å². The Morgan fingerprint density at radius 1 is 1.20 bits per heavy atom. The first-order valence-corrected chi connectivity index (χ1v) is 8.10. The van der Waals surface area contributed by atoms with Crippen LogP contribution < -0.4 is 5.32 Å². The lowest BCUT2D eigenvalue weighted by Gasteiger charge is -2.25. The van der Waals surface area contributed by atoms with Gasteiger partial charge in [-0.15, -0.1) is 11.3 Å². The van der Waals surface area contributed by atoms with E-state index in [1.165, 1.54) is 33.7 Å². The van der Waals surface area contributed by atoms with Gasteiger partial charge in [0, 0.05) is 16.3 Å². The molecule has 0 radical (unpaired) electrons. The SMILES string of the molecule is CNCc1ccc(COC2CCCc3ccccc32)s1. The van der Waals surface area contributed by atoms with E-state index in [0.717, 1.165) is 19.6 Å². The van der Waals surface area contributed by atoms with E-state index in [-0.39, 0.29) is 6.10 Å². The van der Waals surface area contributed by atoms with E-state index < -0.39 is 0 Å². The highest BCUT2D eigenvalue weighted by molar-refractivity contribution is 7.11. The highest BCUT2D eigenvalue weighted by atomic mass is 32.1. The molecule has 0 aliphatic heterocycles. The number of rotatable bonds is 5. The minimum atomic E-state index is 0.273. The quantitative estimate of drug-likeness (QED) is 0.895. The molecule has 20 heavy (non-hydrogen) atoms. The summed E-state index contributed by atoms with van der Waals surface area (Å²) in [6.07, 6.45) is 3.85. The summed E-state index contributed by atoms with van der Waals surface area (Å²) in [5.41, 5.74) is 2.86. The maximum Gasteiger partial charge on any atom is 0.0832 e. The summed E-state index contributed by atoms with van der Waals surface area (Å²) in [5, 5.41) is 3.19. The average Bonchev–Trinajstić information content (AvgIpc) is 2.93. The average molecular weight is 287 g/mol. The van der Waals surface area contributed by atoms with E-state index >= 15 is 0 Å². The van der Waals surface area contributed by atoms with Crippen molar-refractivity contribution in [1.82, 2.24) is 5.32 Å². The van der Waals surface area contributed by atoms with Crippen molar-refractivity contribution in [3.8, 4) is 0 Å². The fraction of sp³-hybridized carbons (Fsp3) is 0.412. The smallest absolute Gasteiger partial charge is 0.0832 e. The van der Waals surface area contributed by atoms with Gasteiger partial charge in [0.1, 0.15) is 0 Å². The van der Waals surface area contributed by atoms with Crippen LogP contribution in [0, 0.1) is 0 Å². The molecule has 1 atom stereocenters. The topological polar surface area (TPSA) is 21.3 Å². The first-order valence-electron chi connectivity index (χ1n) is 7.28. The van der Waals surface area contributed by atoms with Crippen molar-refractivity contribution in [2.45, 2.75) is 38.5 Å². The lowest BCUT2D eigenvalue weighted by Crippen LogP contribution is -2.12. The molecule has 0 fully saturated rings. The van der Waals surface area contributed by atoms with Crippen LogP contribution in [-0.2, 0) is 24.3 Å². The van der Waals surface area contributed by atoms with Crippen molar-refractivity contribution < 1.29 is 4.74 Å². The number of hydrogen-bond donors (Lipinski definition) is 1. The molecule has 1 unspecified atom stereocenters. The van der Waals surface area contributed by atoms with Crippen LogP contribution in [0.4, 0.5) is 0 Å². The summed E-state index contributed by atoms with van der Waals surface area (Å²) >= 11 is 1.84. The molecular formula is C17H21NOS. The fourth-order valence-electron chi connectivity index (χ4n) is 2.83. The van der Waals surface area contributed by atoms with E-state index in [1.54, 1.807) is 0 Å². The molecule has 0 amide bonds. The van der Waals surface area contributed by atoms with Crippen molar-refractivity contribution in [3.63, 3.8) is 0 Å². The highest BCUT2D eigenvalue weighted by Crippen LogP contribution is 2.33. The van der Waals surface area contributed by atoms with Crippen LogP contribution in [0.5, 0.6) is 0 Å². The minimum Gasteiger partial charge on any atom is -0.368 e. The zero-order chi connectivity index (χ0) is 13.8. The number of fused-ring (bicyclic) bond motifs is 1. The number of nitrogens with one attached hydrogen (secondary N) is 1. The van der Waals surface area contributed by atoms with Crippen molar-refractivity contribution in [1.29, 1.82) is 0 Å². The molecule has 1 aliphatic carbocycles. The molecule has 2 aromatic rings. The Morgan fingerprint density at radius 3 is 2.95 bits per heavy atom. The number of hydrogen-bond acceptors (Lipinski definition) is 3. The lowest BCUT2D eigenvalue weighted by molar-refractivity contribution is 0.0297. The van der Waals surface area contributed by atoms with Gasteiger partial charge >= 0.3 is 0 Å². The normalized spacial score (nSPS) is 17.9. The molecule has 3 heteroatoms. The van der Waals surface area contributed by atoms with Gasteiger partial charge in [-0.25, -0.2) is 0 Å². The van der Waals surface area contributed by atoms with E-state index in [0.29, 0.717) is 0 Å². The molecular weight excluding hydrogens is 266 g/mol. The van der Waals surface area contributed by atoms with Crippen molar-refractivity contribution in [2.75, 3.05) is 7.05 Å². The van der Waals surface area contributed by atoms with Crippen LogP contribution in [0.3, 0.4) is 0 Å². The Hall–Kier alpha value is -1.16. The molecule has 1 heterocycles. The lowest BCUT2D eigenvalue weighted by atomic mass is 9.89. The summed E-state index contributed by atoms with van der Waals surface area (Å²) in [4.78, 5) is 2.69. The minimum absolute atomic E-state index is 0.273. The van der Waals surface area contributed by atoms with Gasteiger partial charge in [0.05, 0.1) is 12.7 Å². The predicted molar refractivity (Wildman–Crippen MR) is 84.0 cm³/mol. The number of benzene rings is 1. The second-order valence-corrected chi connectivity index (χ2v) is 6.54. The molecule has 1 aromatic heterocycles. The monoisotopic (exact) mass is 287 g/mol. The molecule has 1 aliphatic rings.